The van der Waals surface area contributed by atoms with Crippen LogP contribution in [0.4, 0.5) is 5.69 Å². The van der Waals surface area contributed by atoms with Gasteiger partial charge in [-0.05, 0) is 67.5 Å². The van der Waals surface area contributed by atoms with Crippen LogP contribution in [0.15, 0.2) is 40.4 Å². The summed E-state index contributed by atoms with van der Waals surface area (Å²) in [5, 5.41) is 3.04. The zero-order chi connectivity index (χ0) is 22.0. The number of carbonyl (C=O) groups excluding carboxylic acids is 2. The van der Waals surface area contributed by atoms with Crippen molar-refractivity contribution in [3.8, 4) is 11.5 Å². The number of anilines is 1. The number of hydrogen-bond acceptors (Lipinski definition) is 5. The van der Waals surface area contributed by atoms with Crippen LogP contribution in [0, 0.1) is 6.92 Å². The normalized spacial score (nSPS) is 15.4. The van der Waals surface area contributed by atoms with Crippen molar-refractivity contribution in [3.05, 3.63) is 56.5 Å². The Morgan fingerprint density at radius 1 is 1.23 bits per heavy atom. The fourth-order valence-electron chi connectivity index (χ4n) is 2.86. The number of halogens is 2. The van der Waals surface area contributed by atoms with Crippen LogP contribution >= 0.6 is 39.7 Å². The lowest BCUT2D eigenvalue weighted by atomic mass is 10.1. The molecule has 30 heavy (non-hydrogen) atoms. The number of aryl methyl sites for hydroxylation is 1. The number of carbonyl (C=O) groups is 2. The SMILES string of the molecule is CCOc1cc(Br)c(/C=C2\C(=O)NC(=S)N(c3ccc(C)c(Cl)c3)C2=O)cc1OC. The molecule has 2 amide bonds. The van der Waals surface area contributed by atoms with Gasteiger partial charge in [0.2, 0.25) is 0 Å². The molecule has 3 rings (SSSR count). The van der Waals surface area contributed by atoms with E-state index in [2.05, 4.69) is 21.2 Å². The van der Waals surface area contributed by atoms with E-state index in [1.54, 1.807) is 30.3 Å². The number of ether oxygens (including phenoxy) is 2. The van der Waals surface area contributed by atoms with Crippen molar-refractivity contribution >= 4 is 68.4 Å². The zero-order valence-electron chi connectivity index (χ0n) is 16.4. The van der Waals surface area contributed by atoms with Crippen LogP contribution in [0.2, 0.25) is 5.02 Å². The fourth-order valence-corrected chi connectivity index (χ4v) is 3.75. The molecule has 2 aromatic rings. The van der Waals surface area contributed by atoms with Gasteiger partial charge in [-0.3, -0.25) is 19.8 Å². The van der Waals surface area contributed by atoms with Crippen molar-refractivity contribution in [1.29, 1.82) is 0 Å². The lowest BCUT2D eigenvalue weighted by molar-refractivity contribution is -0.122. The van der Waals surface area contributed by atoms with E-state index in [4.69, 9.17) is 33.3 Å². The van der Waals surface area contributed by atoms with E-state index in [-0.39, 0.29) is 10.7 Å². The summed E-state index contributed by atoms with van der Waals surface area (Å²) < 4.78 is 11.5. The lowest BCUT2D eigenvalue weighted by Crippen LogP contribution is -2.54. The predicted octanol–water partition coefficient (Wildman–Crippen LogP) is 4.65. The van der Waals surface area contributed by atoms with E-state index in [9.17, 15) is 9.59 Å². The zero-order valence-corrected chi connectivity index (χ0v) is 19.6. The molecule has 1 saturated heterocycles. The summed E-state index contributed by atoms with van der Waals surface area (Å²) in [7, 11) is 1.52. The average molecular weight is 510 g/mol. The highest BCUT2D eigenvalue weighted by Gasteiger charge is 2.34. The van der Waals surface area contributed by atoms with Crippen molar-refractivity contribution in [3.63, 3.8) is 0 Å². The Hall–Kier alpha value is -2.42. The molecule has 2 aromatic carbocycles. The van der Waals surface area contributed by atoms with Gasteiger partial charge in [0.05, 0.1) is 19.4 Å². The van der Waals surface area contributed by atoms with Gasteiger partial charge in [-0.15, -0.1) is 0 Å². The quantitative estimate of drug-likeness (QED) is 0.361. The molecule has 0 aromatic heterocycles. The van der Waals surface area contributed by atoms with E-state index in [0.29, 0.717) is 38.9 Å². The van der Waals surface area contributed by atoms with E-state index in [0.717, 1.165) is 5.56 Å². The molecule has 0 radical (unpaired) electrons. The highest BCUT2D eigenvalue weighted by atomic mass is 79.9. The molecule has 6 nitrogen and oxygen atoms in total. The first-order chi connectivity index (χ1) is 14.3. The third-order valence-electron chi connectivity index (χ3n) is 4.40. The van der Waals surface area contributed by atoms with Crippen molar-refractivity contribution in [2.45, 2.75) is 13.8 Å². The summed E-state index contributed by atoms with van der Waals surface area (Å²) in [5.74, 6) is -0.110. The number of methoxy groups -OCH3 is 1. The van der Waals surface area contributed by atoms with Gasteiger partial charge in [0.1, 0.15) is 5.57 Å². The molecule has 1 fully saturated rings. The van der Waals surface area contributed by atoms with Crippen LogP contribution in [0.3, 0.4) is 0 Å². The van der Waals surface area contributed by atoms with Gasteiger partial charge >= 0.3 is 0 Å². The first kappa shape index (κ1) is 22.3. The Morgan fingerprint density at radius 3 is 2.60 bits per heavy atom. The Morgan fingerprint density at radius 2 is 1.97 bits per heavy atom. The number of thiocarbonyl (C=S) groups is 1. The van der Waals surface area contributed by atoms with Crippen molar-refractivity contribution in [2.75, 3.05) is 18.6 Å². The summed E-state index contributed by atoms with van der Waals surface area (Å²) in [6.07, 6.45) is 1.48. The highest BCUT2D eigenvalue weighted by molar-refractivity contribution is 9.10. The number of nitrogens with one attached hydrogen (secondary N) is 1. The van der Waals surface area contributed by atoms with Crippen LogP contribution in [-0.4, -0.2) is 30.6 Å². The molecule has 0 bridgehead atoms. The standard InChI is InChI=1S/C21H18BrClN2O4S/c1-4-29-18-10-15(22)12(8-17(18)28-3)7-14-19(26)24-21(30)25(20(14)27)13-6-5-11(2)16(23)9-13/h5-10H,4H2,1-3H3,(H,24,26,30)/b14-7+. The molecule has 0 saturated carbocycles. The van der Waals surface area contributed by atoms with Gasteiger partial charge in [-0.25, -0.2) is 0 Å². The molecule has 1 aliphatic rings. The van der Waals surface area contributed by atoms with Crippen LogP contribution in [0.5, 0.6) is 11.5 Å². The molecule has 1 aliphatic heterocycles. The third kappa shape index (κ3) is 4.35. The molecule has 1 N–H and O–H groups in total. The molecule has 156 valence electrons. The second-order valence-corrected chi connectivity index (χ2v) is 8.00. The minimum absolute atomic E-state index is 0.00888. The van der Waals surface area contributed by atoms with Crippen molar-refractivity contribution < 1.29 is 19.1 Å². The summed E-state index contributed by atoms with van der Waals surface area (Å²) in [4.78, 5) is 27.0. The maximum absolute atomic E-state index is 13.2. The number of hydrogen-bond donors (Lipinski definition) is 1. The van der Waals surface area contributed by atoms with Gasteiger partial charge in [-0.2, -0.15) is 0 Å². The maximum Gasteiger partial charge on any atom is 0.270 e. The molecule has 0 spiro atoms. The maximum atomic E-state index is 13.2. The van der Waals surface area contributed by atoms with Gasteiger partial charge in [-0.1, -0.05) is 33.6 Å². The summed E-state index contributed by atoms with van der Waals surface area (Å²) in [5.41, 5.74) is 1.83. The van der Waals surface area contributed by atoms with Crippen molar-refractivity contribution in [2.24, 2.45) is 0 Å². The summed E-state index contributed by atoms with van der Waals surface area (Å²) in [6, 6.07) is 8.54. The van der Waals surface area contributed by atoms with E-state index >= 15 is 0 Å². The minimum atomic E-state index is -0.584. The topological polar surface area (TPSA) is 67.9 Å². The minimum Gasteiger partial charge on any atom is -0.493 e. The van der Waals surface area contributed by atoms with Gasteiger partial charge in [0.15, 0.2) is 16.6 Å². The largest absolute Gasteiger partial charge is 0.493 e. The number of amides is 2. The first-order valence-electron chi connectivity index (χ1n) is 8.94. The molecular formula is C21H18BrClN2O4S. The lowest BCUT2D eigenvalue weighted by Gasteiger charge is -2.29. The van der Waals surface area contributed by atoms with Crippen LogP contribution in [0.25, 0.3) is 6.08 Å². The third-order valence-corrected chi connectivity index (χ3v) is 5.78. The van der Waals surface area contributed by atoms with Crippen LogP contribution in [0.1, 0.15) is 18.1 Å². The Balaban J connectivity index is 2.05. The van der Waals surface area contributed by atoms with Crippen LogP contribution in [-0.2, 0) is 9.59 Å². The average Bonchev–Trinajstić information content (AvgIpc) is 2.69. The van der Waals surface area contributed by atoms with Gasteiger partial charge < -0.3 is 9.47 Å². The van der Waals surface area contributed by atoms with E-state index < -0.39 is 11.8 Å². The van der Waals surface area contributed by atoms with Gasteiger partial charge in [0, 0.05) is 9.50 Å². The number of benzene rings is 2. The van der Waals surface area contributed by atoms with Crippen molar-refractivity contribution in [1.82, 2.24) is 5.32 Å². The molecular weight excluding hydrogens is 492 g/mol. The van der Waals surface area contributed by atoms with E-state index in [1.807, 2.05) is 13.8 Å². The van der Waals surface area contributed by atoms with Crippen LogP contribution < -0.4 is 19.7 Å². The second-order valence-electron chi connectivity index (χ2n) is 6.35. The number of nitrogens with zero attached hydrogens (tertiary/aromatic N) is 1. The summed E-state index contributed by atoms with van der Waals surface area (Å²) >= 11 is 14.9. The Kier molecular flexibility index (Phi) is 6.80. The molecule has 0 aliphatic carbocycles. The molecule has 9 heteroatoms. The smallest absolute Gasteiger partial charge is 0.270 e. The predicted molar refractivity (Wildman–Crippen MR) is 124 cm³/mol. The monoisotopic (exact) mass is 508 g/mol. The number of rotatable bonds is 5. The second kappa shape index (κ2) is 9.16. The van der Waals surface area contributed by atoms with E-state index in [1.165, 1.54) is 18.1 Å². The molecule has 0 atom stereocenters. The highest BCUT2D eigenvalue weighted by Crippen LogP contribution is 2.35. The molecule has 1 heterocycles. The van der Waals surface area contributed by atoms with Gasteiger partial charge in [0.25, 0.3) is 11.8 Å². The Bertz CT molecular complexity index is 1090. The summed E-state index contributed by atoms with van der Waals surface area (Å²) in [6.45, 7) is 4.19. The first-order valence-corrected chi connectivity index (χ1v) is 10.5. The fraction of sp³-hybridized carbons (Fsp3) is 0.190. The Labute approximate surface area is 192 Å². The molecule has 0 unspecified atom stereocenters.